The van der Waals surface area contributed by atoms with E-state index in [1.54, 1.807) is 18.2 Å². The van der Waals surface area contributed by atoms with Gasteiger partial charge in [0, 0.05) is 11.4 Å². The minimum absolute atomic E-state index is 0.376. The molecule has 0 spiro atoms. The number of fused-ring (bicyclic) bond motifs is 1. The maximum atomic E-state index is 12.4. The molecule has 0 atom stereocenters. The fourth-order valence-corrected chi connectivity index (χ4v) is 3.86. The quantitative estimate of drug-likeness (QED) is 0.328. The number of nitrogens with zero attached hydrogens (tertiary/aromatic N) is 1. The predicted molar refractivity (Wildman–Crippen MR) is 118 cm³/mol. The van der Waals surface area contributed by atoms with Crippen LogP contribution >= 0.6 is 34.5 Å². The maximum absolute atomic E-state index is 12.4. The van der Waals surface area contributed by atoms with Crippen LogP contribution < -0.4 is 16.0 Å². The Labute approximate surface area is 175 Å². The lowest BCUT2D eigenvalue weighted by Crippen LogP contribution is -2.19. The Kier molecular flexibility index (Phi) is 5.34. The number of carbonyl (C=O) groups excluding carboxylic acids is 1. The molecule has 0 bridgehead atoms. The van der Waals surface area contributed by atoms with E-state index in [1.807, 2.05) is 48.5 Å². The van der Waals surface area contributed by atoms with Gasteiger partial charge in [-0.3, -0.25) is 0 Å². The third kappa shape index (κ3) is 4.20. The molecule has 5 nitrogen and oxygen atoms in total. The maximum Gasteiger partial charge on any atom is 0.323 e. The molecular formula is C20H14Cl2N4OS. The van der Waals surface area contributed by atoms with Crippen LogP contribution in [0, 0.1) is 0 Å². The molecule has 0 unspecified atom stereocenters. The van der Waals surface area contributed by atoms with Gasteiger partial charge in [0.05, 0.1) is 25.9 Å². The zero-order valence-electron chi connectivity index (χ0n) is 14.4. The number of thiazole rings is 1. The number of nitrogens with one attached hydrogen (secondary N) is 3. The van der Waals surface area contributed by atoms with Crippen LogP contribution in [-0.4, -0.2) is 11.0 Å². The molecule has 8 heteroatoms. The van der Waals surface area contributed by atoms with Crippen molar-refractivity contribution >= 4 is 73.0 Å². The van der Waals surface area contributed by atoms with Gasteiger partial charge in [-0.25, -0.2) is 9.78 Å². The topological polar surface area (TPSA) is 66.0 Å². The highest BCUT2D eigenvalue weighted by Crippen LogP contribution is 2.33. The largest absolute Gasteiger partial charge is 0.332 e. The summed E-state index contributed by atoms with van der Waals surface area (Å²) >= 11 is 13.4. The van der Waals surface area contributed by atoms with Crippen LogP contribution in [-0.2, 0) is 0 Å². The highest BCUT2D eigenvalue weighted by Gasteiger charge is 2.11. The molecule has 0 saturated carbocycles. The molecule has 0 fully saturated rings. The van der Waals surface area contributed by atoms with Gasteiger partial charge < -0.3 is 16.0 Å². The second-order valence-corrected chi connectivity index (χ2v) is 7.69. The molecule has 0 aliphatic rings. The van der Waals surface area contributed by atoms with E-state index in [2.05, 4.69) is 20.9 Å². The summed E-state index contributed by atoms with van der Waals surface area (Å²) in [4.78, 5) is 17.0. The number of hydrogen-bond acceptors (Lipinski definition) is 4. The number of rotatable bonds is 4. The van der Waals surface area contributed by atoms with Gasteiger partial charge in [0.2, 0.25) is 0 Å². The normalized spacial score (nSPS) is 10.6. The first-order chi connectivity index (χ1) is 13.6. The number of halogens is 2. The number of urea groups is 1. The smallest absolute Gasteiger partial charge is 0.323 e. The van der Waals surface area contributed by atoms with Crippen LogP contribution in [0.1, 0.15) is 0 Å². The van der Waals surface area contributed by atoms with Gasteiger partial charge in [0.1, 0.15) is 0 Å². The van der Waals surface area contributed by atoms with E-state index >= 15 is 0 Å². The second kappa shape index (κ2) is 8.06. The van der Waals surface area contributed by atoms with Crippen LogP contribution in [0.5, 0.6) is 0 Å². The van der Waals surface area contributed by atoms with Crippen LogP contribution in [0.25, 0.3) is 10.2 Å². The molecule has 3 N–H and O–H groups in total. The highest BCUT2D eigenvalue weighted by molar-refractivity contribution is 7.22. The first-order valence-corrected chi connectivity index (χ1v) is 9.90. The van der Waals surface area contributed by atoms with Gasteiger partial charge in [0.15, 0.2) is 5.13 Å². The summed E-state index contributed by atoms with van der Waals surface area (Å²) in [6, 6.07) is 19.9. The molecule has 0 aliphatic carbocycles. The van der Waals surface area contributed by atoms with Gasteiger partial charge >= 0.3 is 6.03 Å². The van der Waals surface area contributed by atoms with E-state index in [0.717, 1.165) is 21.0 Å². The lowest BCUT2D eigenvalue weighted by molar-refractivity contribution is 0.262. The lowest BCUT2D eigenvalue weighted by Gasteiger charge is -2.09. The molecule has 4 aromatic rings. The number of amides is 2. The van der Waals surface area contributed by atoms with Gasteiger partial charge in [-0.2, -0.15) is 0 Å². The molecule has 0 saturated heterocycles. The molecule has 0 aliphatic heterocycles. The van der Waals surface area contributed by atoms with Gasteiger partial charge in [-0.15, -0.1) is 0 Å². The third-order valence-electron chi connectivity index (χ3n) is 3.87. The van der Waals surface area contributed by atoms with Crippen molar-refractivity contribution in [3.05, 3.63) is 76.8 Å². The Morgan fingerprint density at radius 2 is 1.68 bits per heavy atom. The number of aromatic nitrogens is 1. The van der Waals surface area contributed by atoms with Crippen molar-refractivity contribution in [2.24, 2.45) is 0 Å². The van der Waals surface area contributed by atoms with E-state index in [4.69, 9.17) is 23.2 Å². The Balaban J connectivity index is 1.53. The number of anilines is 4. The Morgan fingerprint density at radius 1 is 0.857 bits per heavy atom. The molecule has 0 radical (unpaired) electrons. The summed E-state index contributed by atoms with van der Waals surface area (Å²) in [5.41, 5.74) is 2.98. The second-order valence-electron chi connectivity index (χ2n) is 5.87. The van der Waals surface area contributed by atoms with Crippen LogP contribution in [0.3, 0.4) is 0 Å². The molecular weight excluding hydrogens is 415 g/mol. The van der Waals surface area contributed by atoms with Crippen LogP contribution in [0.2, 0.25) is 10.0 Å². The Bertz CT molecular complexity index is 1150. The van der Waals surface area contributed by atoms with Crippen molar-refractivity contribution in [3.8, 4) is 0 Å². The SMILES string of the molecule is O=C(Nc1ccc(Cl)c(Cl)c1)Nc1cccc2nc(Nc3ccccc3)sc12. The fraction of sp³-hybridized carbons (Fsp3) is 0. The monoisotopic (exact) mass is 428 g/mol. The summed E-state index contributed by atoms with van der Waals surface area (Å²) < 4.78 is 0.880. The Hall–Kier alpha value is -2.80. The van der Waals surface area contributed by atoms with Gasteiger partial charge in [-0.1, -0.05) is 58.8 Å². The number of para-hydroxylation sites is 1. The summed E-state index contributed by atoms with van der Waals surface area (Å²) in [5.74, 6) is 0. The summed E-state index contributed by atoms with van der Waals surface area (Å²) in [7, 11) is 0. The van der Waals surface area contributed by atoms with E-state index in [1.165, 1.54) is 11.3 Å². The fourth-order valence-electron chi connectivity index (χ4n) is 2.60. The molecule has 1 aromatic heterocycles. The lowest BCUT2D eigenvalue weighted by atomic mass is 10.3. The van der Waals surface area contributed by atoms with E-state index in [-0.39, 0.29) is 6.03 Å². The molecule has 4 rings (SSSR count). The standard InChI is InChI=1S/C20H14Cl2N4OS/c21-14-10-9-13(11-15(14)22)23-19(27)25-16-7-4-8-17-18(16)28-20(26-17)24-12-5-2-1-3-6-12/h1-11H,(H,24,26)(H2,23,25,27). The first kappa shape index (κ1) is 18.6. The van der Waals surface area contributed by atoms with Crippen molar-refractivity contribution in [1.29, 1.82) is 0 Å². The zero-order valence-corrected chi connectivity index (χ0v) is 16.7. The van der Waals surface area contributed by atoms with Crippen LogP contribution in [0.15, 0.2) is 66.7 Å². The zero-order chi connectivity index (χ0) is 19.5. The van der Waals surface area contributed by atoms with E-state index in [0.29, 0.717) is 21.4 Å². The minimum Gasteiger partial charge on any atom is -0.332 e. The minimum atomic E-state index is -0.378. The molecule has 3 aromatic carbocycles. The third-order valence-corrected chi connectivity index (χ3v) is 5.62. The highest BCUT2D eigenvalue weighted by atomic mass is 35.5. The molecule has 28 heavy (non-hydrogen) atoms. The van der Waals surface area contributed by atoms with E-state index in [9.17, 15) is 4.79 Å². The average Bonchev–Trinajstić information content (AvgIpc) is 3.09. The van der Waals surface area contributed by atoms with Crippen molar-refractivity contribution in [1.82, 2.24) is 4.98 Å². The summed E-state index contributed by atoms with van der Waals surface area (Å²) in [6.45, 7) is 0. The first-order valence-electron chi connectivity index (χ1n) is 8.33. The number of hydrogen-bond donors (Lipinski definition) is 3. The molecule has 1 heterocycles. The van der Waals surface area contributed by atoms with E-state index < -0.39 is 0 Å². The number of carbonyl (C=O) groups is 1. The molecule has 2 amide bonds. The Morgan fingerprint density at radius 3 is 2.46 bits per heavy atom. The average molecular weight is 429 g/mol. The predicted octanol–water partition coefficient (Wildman–Crippen LogP) is 6.99. The van der Waals surface area contributed by atoms with Crippen molar-refractivity contribution in [3.63, 3.8) is 0 Å². The summed E-state index contributed by atoms with van der Waals surface area (Å²) in [6.07, 6.45) is 0. The molecule has 140 valence electrons. The van der Waals surface area contributed by atoms with Gasteiger partial charge in [-0.05, 0) is 42.5 Å². The summed E-state index contributed by atoms with van der Waals surface area (Å²) in [5, 5.41) is 10.4. The van der Waals surface area contributed by atoms with Crippen molar-refractivity contribution < 1.29 is 4.79 Å². The number of benzene rings is 3. The van der Waals surface area contributed by atoms with Crippen LogP contribution in [0.4, 0.5) is 27.0 Å². The van der Waals surface area contributed by atoms with Crippen molar-refractivity contribution in [2.45, 2.75) is 0 Å². The van der Waals surface area contributed by atoms with Crippen molar-refractivity contribution in [2.75, 3.05) is 16.0 Å². The van der Waals surface area contributed by atoms with Gasteiger partial charge in [0.25, 0.3) is 0 Å².